The minimum absolute atomic E-state index is 0.419. The Labute approximate surface area is 114 Å². The maximum Gasteiger partial charge on any atom is 0.258 e. The number of nitrogens with one attached hydrogen (secondary N) is 1. The fourth-order valence-corrected chi connectivity index (χ4v) is 1.87. The van der Waals surface area contributed by atoms with E-state index in [0.717, 1.165) is 6.07 Å². The van der Waals surface area contributed by atoms with Gasteiger partial charge in [0.05, 0.1) is 6.04 Å². The Hall–Kier alpha value is -2.43. The third kappa shape index (κ3) is 2.93. The number of hydrogen-bond donors (Lipinski definition) is 2. The van der Waals surface area contributed by atoms with Crippen LogP contribution in [0, 0.1) is 11.6 Å². The van der Waals surface area contributed by atoms with Crippen molar-refractivity contribution >= 4 is 5.91 Å². The number of amides is 1. The topological polar surface area (TPSA) is 49.3 Å². The molecule has 2 aromatic carbocycles. The van der Waals surface area contributed by atoms with Crippen molar-refractivity contribution in [2.75, 3.05) is 0 Å². The van der Waals surface area contributed by atoms with Crippen LogP contribution in [0.4, 0.5) is 8.78 Å². The highest BCUT2D eigenvalue weighted by molar-refractivity contribution is 5.97. The van der Waals surface area contributed by atoms with Crippen molar-refractivity contribution in [2.24, 2.45) is 0 Å². The number of halogens is 2. The van der Waals surface area contributed by atoms with E-state index < -0.39 is 34.9 Å². The Morgan fingerprint density at radius 3 is 2.55 bits per heavy atom. The minimum atomic E-state index is -0.811. The van der Waals surface area contributed by atoms with Gasteiger partial charge in [0.1, 0.15) is 22.9 Å². The van der Waals surface area contributed by atoms with E-state index in [1.807, 2.05) is 0 Å². The number of phenols is 1. The van der Waals surface area contributed by atoms with Crippen molar-refractivity contribution < 1.29 is 18.7 Å². The van der Waals surface area contributed by atoms with Gasteiger partial charge >= 0.3 is 0 Å². The molecule has 0 aliphatic heterocycles. The third-order valence-corrected chi connectivity index (χ3v) is 2.91. The van der Waals surface area contributed by atoms with Crippen molar-refractivity contribution in [1.29, 1.82) is 0 Å². The Morgan fingerprint density at radius 2 is 1.90 bits per heavy atom. The van der Waals surface area contributed by atoms with Gasteiger partial charge < -0.3 is 10.4 Å². The Balaban J connectivity index is 2.20. The fraction of sp³-hybridized carbons (Fsp3) is 0.133. The van der Waals surface area contributed by atoms with Crippen LogP contribution in [0.15, 0.2) is 42.5 Å². The zero-order chi connectivity index (χ0) is 14.7. The van der Waals surface area contributed by atoms with E-state index in [1.54, 1.807) is 13.0 Å². The number of rotatable bonds is 3. The number of carbonyl (C=O) groups is 1. The fourth-order valence-electron chi connectivity index (χ4n) is 1.87. The molecule has 0 saturated carbocycles. The average molecular weight is 277 g/mol. The monoisotopic (exact) mass is 277 g/mol. The van der Waals surface area contributed by atoms with Gasteiger partial charge in [-0.2, -0.15) is 0 Å². The molecule has 1 unspecified atom stereocenters. The maximum absolute atomic E-state index is 13.5. The van der Waals surface area contributed by atoms with Crippen LogP contribution in [0.5, 0.6) is 5.75 Å². The molecule has 0 aliphatic carbocycles. The summed E-state index contributed by atoms with van der Waals surface area (Å²) >= 11 is 0. The highest BCUT2D eigenvalue weighted by Crippen LogP contribution is 2.21. The summed E-state index contributed by atoms with van der Waals surface area (Å²) in [7, 11) is 0. The van der Waals surface area contributed by atoms with Gasteiger partial charge in [-0.05, 0) is 36.8 Å². The molecular weight excluding hydrogens is 264 g/mol. The van der Waals surface area contributed by atoms with E-state index in [0.29, 0.717) is 5.56 Å². The van der Waals surface area contributed by atoms with E-state index in [4.69, 9.17) is 0 Å². The van der Waals surface area contributed by atoms with Crippen LogP contribution >= 0.6 is 0 Å². The highest BCUT2D eigenvalue weighted by atomic mass is 19.1. The van der Waals surface area contributed by atoms with Gasteiger partial charge in [-0.3, -0.25) is 4.79 Å². The molecule has 0 fully saturated rings. The molecule has 3 nitrogen and oxygen atoms in total. The van der Waals surface area contributed by atoms with Crippen molar-refractivity contribution in [2.45, 2.75) is 13.0 Å². The molecule has 0 aromatic heterocycles. The molecule has 5 heteroatoms. The standard InChI is InChI=1S/C15H13F2NO2/c1-9(10-4-2-5-11(16)8-10)18-15(20)14-12(17)6-3-7-13(14)19/h2-9,19H,1H3,(H,18,20). The summed E-state index contributed by atoms with van der Waals surface area (Å²) in [6.07, 6.45) is 0. The van der Waals surface area contributed by atoms with E-state index in [9.17, 15) is 18.7 Å². The van der Waals surface area contributed by atoms with Gasteiger partial charge in [0.15, 0.2) is 0 Å². The predicted molar refractivity (Wildman–Crippen MR) is 70.3 cm³/mol. The SMILES string of the molecule is CC(NC(=O)c1c(O)cccc1F)c1cccc(F)c1. The number of carbonyl (C=O) groups excluding carboxylic acids is 1. The molecule has 2 N–H and O–H groups in total. The van der Waals surface area contributed by atoms with Gasteiger partial charge in [-0.1, -0.05) is 18.2 Å². The van der Waals surface area contributed by atoms with Gasteiger partial charge in [0.2, 0.25) is 0 Å². The molecule has 2 aromatic rings. The molecule has 1 atom stereocenters. The number of phenolic OH excluding ortho intramolecular Hbond substituents is 1. The molecule has 0 saturated heterocycles. The van der Waals surface area contributed by atoms with E-state index >= 15 is 0 Å². The highest BCUT2D eigenvalue weighted by Gasteiger charge is 2.18. The van der Waals surface area contributed by atoms with Crippen LogP contribution in [-0.4, -0.2) is 11.0 Å². The first-order valence-electron chi connectivity index (χ1n) is 6.03. The van der Waals surface area contributed by atoms with Gasteiger partial charge in [0, 0.05) is 0 Å². The van der Waals surface area contributed by atoms with E-state index in [1.165, 1.54) is 30.3 Å². The lowest BCUT2D eigenvalue weighted by molar-refractivity contribution is 0.0933. The summed E-state index contributed by atoms with van der Waals surface area (Å²) in [5.41, 5.74) is 0.130. The first-order valence-corrected chi connectivity index (χ1v) is 6.03. The second-order valence-corrected chi connectivity index (χ2v) is 4.38. The smallest absolute Gasteiger partial charge is 0.258 e. The summed E-state index contributed by atoms with van der Waals surface area (Å²) in [6.45, 7) is 1.64. The molecule has 0 radical (unpaired) electrons. The number of aromatic hydroxyl groups is 1. The lowest BCUT2D eigenvalue weighted by atomic mass is 10.1. The molecule has 0 bridgehead atoms. The number of hydrogen-bond acceptors (Lipinski definition) is 2. The molecule has 20 heavy (non-hydrogen) atoms. The van der Waals surface area contributed by atoms with Crippen molar-refractivity contribution in [3.8, 4) is 5.75 Å². The third-order valence-electron chi connectivity index (χ3n) is 2.91. The molecular formula is C15H13F2NO2. The molecule has 0 heterocycles. The van der Waals surface area contributed by atoms with E-state index in [-0.39, 0.29) is 0 Å². The lowest BCUT2D eigenvalue weighted by Gasteiger charge is -2.15. The van der Waals surface area contributed by atoms with Crippen LogP contribution in [0.3, 0.4) is 0 Å². The summed E-state index contributed by atoms with van der Waals surface area (Å²) in [6, 6.07) is 8.84. The largest absolute Gasteiger partial charge is 0.507 e. The van der Waals surface area contributed by atoms with Gasteiger partial charge in [-0.25, -0.2) is 8.78 Å². The van der Waals surface area contributed by atoms with Crippen LogP contribution < -0.4 is 5.32 Å². The molecule has 0 spiro atoms. The molecule has 1 amide bonds. The number of benzene rings is 2. The zero-order valence-corrected chi connectivity index (χ0v) is 10.7. The molecule has 0 aliphatic rings. The Bertz CT molecular complexity index is 623. The summed E-state index contributed by atoms with van der Waals surface area (Å²) in [4.78, 5) is 12.0. The summed E-state index contributed by atoms with van der Waals surface area (Å²) in [5.74, 6) is -2.42. The Kier molecular flexibility index (Phi) is 3.98. The van der Waals surface area contributed by atoms with Crippen LogP contribution in [0.1, 0.15) is 28.9 Å². The maximum atomic E-state index is 13.5. The van der Waals surface area contributed by atoms with Crippen LogP contribution in [-0.2, 0) is 0 Å². The van der Waals surface area contributed by atoms with Gasteiger partial charge in [-0.15, -0.1) is 0 Å². The van der Waals surface area contributed by atoms with Gasteiger partial charge in [0.25, 0.3) is 5.91 Å². The first kappa shape index (κ1) is 14.0. The summed E-state index contributed by atoms with van der Waals surface area (Å²) in [5, 5.41) is 12.0. The molecule has 104 valence electrons. The lowest BCUT2D eigenvalue weighted by Crippen LogP contribution is -2.27. The quantitative estimate of drug-likeness (QED) is 0.905. The molecule has 2 rings (SSSR count). The zero-order valence-electron chi connectivity index (χ0n) is 10.7. The minimum Gasteiger partial charge on any atom is -0.507 e. The van der Waals surface area contributed by atoms with E-state index in [2.05, 4.69) is 5.32 Å². The first-order chi connectivity index (χ1) is 9.49. The van der Waals surface area contributed by atoms with Crippen LogP contribution in [0.25, 0.3) is 0 Å². The van der Waals surface area contributed by atoms with Crippen molar-refractivity contribution in [3.05, 3.63) is 65.2 Å². The van der Waals surface area contributed by atoms with Crippen molar-refractivity contribution in [3.63, 3.8) is 0 Å². The van der Waals surface area contributed by atoms with Crippen LogP contribution in [0.2, 0.25) is 0 Å². The second kappa shape index (κ2) is 5.69. The van der Waals surface area contributed by atoms with Crippen molar-refractivity contribution in [1.82, 2.24) is 5.32 Å². The average Bonchev–Trinajstić information content (AvgIpc) is 2.38. The second-order valence-electron chi connectivity index (χ2n) is 4.38. The Morgan fingerprint density at radius 1 is 1.20 bits per heavy atom. The summed E-state index contributed by atoms with van der Waals surface area (Å²) < 4.78 is 26.6. The predicted octanol–water partition coefficient (Wildman–Crippen LogP) is 3.16. The normalized spacial score (nSPS) is 11.9.